The zero-order valence-electron chi connectivity index (χ0n) is 10.7. The molecule has 2 rings (SSSR count). The Kier molecular flexibility index (Phi) is 3.44. The molecule has 0 radical (unpaired) electrons. The van der Waals surface area contributed by atoms with Crippen LogP contribution in [0.2, 0.25) is 0 Å². The van der Waals surface area contributed by atoms with E-state index in [1.165, 1.54) is 6.07 Å². The normalized spacial score (nSPS) is 11.3. The van der Waals surface area contributed by atoms with E-state index < -0.39 is 10.0 Å². The molecule has 0 amide bonds. The number of aromatic nitrogens is 1. The number of anilines is 2. The highest BCUT2D eigenvalue weighted by molar-refractivity contribution is 7.92. The average Bonchev–Trinajstić information content (AvgIpc) is 2.31. The monoisotopic (exact) mass is 277 g/mol. The van der Waals surface area contributed by atoms with Gasteiger partial charge in [0.2, 0.25) is 0 Å². The molecule has 5 nitrogen and oxygen atoms in total. The molecule has 3 N–H and O–H groups in total. The number of pyridine rings is 1. The molecule has 1 heterocycles. The second-order valence-electron chi connectivity index (χ2n) is 4.28. The van der Waals surface area contributed by atoms with Crippen molar-refractivity contribution < 1.29 is 8.42 Å². The fourth-order valence-corrected chi connectivity index (χ4v) is 2.94. The molecule has 0 aliphatic carbocycles. The van der Waals surface area contributed by atoms with Gasteiger partial charge in [-0.3, -0.25) is 9.71 Å². The summed E-state index contributed by atoms with van der Waals surface area (Å²) < 4.78 is 27.0. The van der Waals surface area contributed by atoms with Gasteiger partial charge in [-0.05, 0) is 43.7 Å². The Labute approximate surface area is 112 Å². The number of hydrogen-bond acceptors (Lipinski definition) is 4. The van der Waals surface area contributed by atoms with Crippen LogP contribution in [-0.4, -0.2) is 13.4 Å². The van der Waals surface area contributed by atoms with E-state index in [2.05, 4.69) is 9.71 Å². The van der Waals surface area contributed by atoms with E-state index in [1.807, 2.05) is 6.92 Å². The molecule has 2 aromatic rings. The minimum Gasteiger partial charge on any atom is -0.398 e. The van der Waals surface area contributed by atoms with Crippen LogP contribution in [0.3, 0.4) is 0 Å². The van der Waals surface area contributed by atoms with Crippen molar-refractivity contribution in [1.82, 2.24) is 4.98 Å². The van der Waals surface area contributed by atoms with Crippen LogP contribution in [0, 0.1) is 13.8 Å². The van der Waals surface area contributed by atoms with Gasteiger partial charge in [-0.25, -0.2) is 8.42 Å². The van der Waals surface area contributed by atoms with Crippen molar-refractivity contribution in [1.29, 1.82) is 0 Å². The van der Waals surface area contributed by atoms with Crippen LogP contribution in [0.5, 0.6) is 0 Å². The first kappa shape index (κ1) is 13.4. The summed E-state index contributed by atoms with van der Waals surface area (Å²) >= 11 is 0. The SMILES string of the molecule is Cc1ccc(S(=O)(=O)Nc2cccnc2C)c(N)c1. The molecule has 0 saturated carbocycles. The first-order valence-electron chi connectivity index (χ1n) is 5.71. The van der Waals surface area contributed by atoms with E-state index in [0.29, 0.717) is 11.4 Å². The van der Waals surface area contributed by atoms with Crippen molar-refractivity contribution in [3.8, 4) is 0 Å². The quantitative estimate of drug-likeness (QED) is 0.841. The first-order chi connectivity index (χ1) is 8.90. The molecule has 0 unspecified atom stereocenters. The van der Waals surface area contributed by atoms with Crippen molar-refractivity contribution in [3.63, 3.8) is 0 Å². The molecule has 0 aliphatic heterocycles. The maximum absolute atomic E-state index is 12.3. The molecular formula is C13H15N3O2S. The maximum atomic E-state index is 12.3. The highest BCUT2D eigenvalue weighted by Crippen LogP contribution is 2.23. The number of nitrogen functional groups attached to an aromatic ring is 1. The second-order valence-corrected chi connectivity index (χ2v) is 5.93. The third-order valence-corrected chi connectivity index (χ3v) is 4.15. The Hall–Kier alpha value is -2.08. The number of benzene rings is 1. The summed E-state index contributed by atoms with van der Waals surface area (Å²) in [4.78, 5) is 4.11. The minimum atomic E-state index is -3.70. The number of nitrogens with two attached hydrogens (primary N) is 1. The minimum absolute atomic E-state index is 0.0707. The first-order valence-corrected chi connectivity index (χ1v) is 7.19. The molecule has 0 bridgehead atoms. The van der Waals surface area contributed by atoms with Gasteiger partial charge in [-0.1, -0.05) is 6.07 Å². The lowest BCUT2D eigenvalue weighted by Crippen LogP contribution is -2.15. The molecular weight excluding hydrogens is 262 g/mol. The van der Waals surface area contributed by atoms with E-state index in [-0.39, 0.29) is 10.6 Å². The zero-order chi connectivity index (χ0) is 14.0. The van der Waals surface area contributed by atoms with E-state index in [1.54, 1.807) is 37.4 Å². The van der Waals surface area contributed by atoms with Crippen molar-refractivity contribution >= 4 is 21.4 Å². The van der Waals surface area contributed by atoms with Gasteiger partial charge in [0.1, 0.15) is 4.90 Å². The van der Waals surface area contributed by atoms with Gasteiger partial charge in [0.15, 0.2) is 0 Å². The van der Waals surface area contributed by atoms with E-state index in [4.69, 9.17) is 5.73 Å². The zero-order valence-corrected chi connectivity index (χ0v) is 11.5. The highest BCUT2D eigenvalue weighted by atomic mass is 32.2. The lowest BCUT2D eigenvalue weighted by molar-refractivity contribution is 0.601. The van der Waals surface area contributed by atoms with Gasteiger partial charge in [-0.15, -0.1) is 0 Å². The number of nitrogens with one attached hydrogen (secondary N) is 1. The van der Waals surface area contributed by atoms with Gasteiger partial charge >= 0.3 is 0 Å². The Morgan fingerprint density at radius 1 is 1.21 bits per heavy atom. The topological polar surface area (TPSA) is 85.1 Å². The summed E-state index contributed by atoms with van der Waals surface area (Å²) in [6, 6.07) is 8.16. The molecule has 0 fully saturated rings. The molecule has 100 valence electrons. The van der Waals surface area contributed by atoms with Gasteiger partial charge in [0.25, 0.3) is 10.0 Å². The molecule has 6 heteroatoms. The Morgan fingerprint density at radius 2 is 1.95 bits per heavy atom. The fraction of sp³-hybridized carbons (Fsp3) is 0.154. The summed E-state index contributed by atoms with van der Waals surface area (Å²) in [5.74, 6) is 0. The molecule has 0 atom stereocenters. The Morgan fingerprint density at radius 3 is 2.58 bits per heavy atom. The predicted octanol–water partition coefficient (Wildman–Crippen LogP) is 2.08. The number of rotatable bonds is 3. The van der Waals surface area contributed by atoms with Gasteiger partial charge in [-0.2, -0.15) is 0 Å². The van der Waals surface area contributed by atoms with Crippen LogP contribution < -0.4 is 10.5 Å². The van der Waals surface area contributed by atoms with Crippen LogP contribution in [-0.2, 0) is 10.0 Å². The lowest BCUT2D eigenvalue weighted by Gasteiger charge is -2.11. The molecule has 0 spiro atoms. The number of sulfonamides is 1. The standard InChI is InChI=1S/C13H15N3O2S/c1-9-5-6-13(11(14)8-9)19(17,18)16-12-4-3-7-15-10(12)2/h3-8,16H,14H2,1-2H3. The van der Waals surface area contributed by atoms with Gasteiger partial charge in [0.05, 0.1) is 17.1 Å². The van der Waals surface area contributed by atoms with Crippen LogP contribution in [0.1, 0.15) is 11.3 Å². The second kappa shape index (κ2) is 4.89. The molecule has 1 aromatic carbocycles. The van der Waals surface area contributed by atoms with Crippen molar-refractivity contribution in [2.45, 2.75) is 18.7 Å². The highest BCUT2D eigenvalue weighted by Gasteiger charge is 2.18. The van der Waals surface area contributed by atoms with Gasteiger partial charge in [0, 0.05) is 6.20 Å². The van der Waals surface area contributed by atoms with Crippen molar-refractivity contribution in [2.24, 2.45) is 0 Å². The summed E-state index contributed by atoms with van der Waals surface area (Å²) in [5, 5.41) is 0. The largest absolute Gasteiger partial charge is 0.398 e. The van der Waals surface area contributed by atoms with E-state index in [9.17, 15) is 8.42 Å². The molecule has 0 saturated heterocycles. The smallest absolute Gasteiger partial charge is 0.264 e. The summed E-state index contributed by atoms with van der Waals surface area (Å²) in [6.07, 6.45) is 1.60. The molecule has 0 aliphatic rings. The summed E-state index contributed by atoms with van der Waals surface area (Å²) in [6.45, 7) is 3.59. The van der Waals surface area contributed by atoms with Crippen LogP contribution >= 0.6 is 0 Å². The summed E-state index contributed by atoms with van der Waals surface area (Å²) in [7, 11) is -3.70. The Balaban J connectivity index is 2.41. The van der Waals surface area contributed by atoms with E-state index in [0.717, 1.165) is 5.56 Å². The summed E-state index contributed by atoms with van der Waals surface area (Å²) in [5.41, 5.74) is 7.96. The lowest BCUT2D eigenvalue weighted by atomic mass is 10.2. The predicted molar refractivity (Wildman–Crippen MR) is 75.4 cm³/mol. The van der Waals surface area contributed by atoms with Gasteiger partial charge < -0.3 is 5.73 Å². The van der Waals surface area contributed by atoms with Crippen molar-refractivity contribution in [2.75, 3.05) is 10.5 Å². The van der Waals surface area contributed by atoms with Crippen molar-refractivity contribution in [3.05, 3.63) is 47.8 Å². The van der Waals surface area contributed by atoms with Crippen LogP contribution in [0.4, 0.5) is 11.4 Å². The number of aryl methyl sites for hydroxylation is 2. The van der Waals surface area contributed by atoms with E-state index >= 15 is 0 Å². The fourth-order valence-electron chi connectivity index (χ4n) is 1.70. The maximum Gasteiger partial charge on any atom is 0.264 e. The van der Waals surface area contributed by atoms with Crippen LogP contribution in [0.15, 0.2) is 41.4 Å². The third-order valence-electron chi connectivity index (χ3n) is 2.71. The molecule has 1 aromatic heterocycles. The van der Waals surface area contributed by atoms with Crippen LogP contribution in [0.25, 0.3) is 0 Å². The Bertz CT molecular complexity index is 712. The number of nitrogens with zero attached hydrogens (tertiary/aromatic N) is 1. The molecule has 19 heavy (non-hydrogen) atoms. The average molecular weight is 277 g/mol. The third kappa shape index (κ3) is 2.85. The number of hydrogen-bond donors (Lipinski definition) is 2.